The highest BCUT2D eigenvalue weighted by molar-refractivity contribution is 5.94. The second-order valence-electron chi connectivity index (χ2n) is 9.29. The van der Waals surface area contributed by atoms with Crippen LogP contribution in [0.4, 0.5) is 11.5 Å². The van der Waals surface area contributed by atoms with Gasteiger partial charge in [0.15, 0.2) is 5.65 Å². The molecule has 0 atom stereocenters. The maximum atomic E-state index is 6.24. The Kier molecular flexibility index (Phi) is 6.07. The van der Waals surface area contributed by atoms with Gasteiger partial charge in [0.1, 0.15) is 17.8 Å². The Bertz CT molecular complexity index is 1580. The lowest BCUT2D eigenvalue weighted by Gasteiger charge is -2.36. The van der Waals surface area contributed by atoms with Crippen LogP contribution in [0.25, 0.3) is 22.8 Å². The third kappa shape index (κ3) is 3.93. The molecule has 2 aromatic carbocycles. The van der Waals surface area contributed by atoms with E-state index in [9.17, 15) is 0 Å². The number of hydrogen-bond acceptors (Lipinski definition) is 5. The molecular weight excluding hydrogens is 444 g/mol. The molecule has 0 amide bonds. The van der Waals surface area contributed by atoms with E-state index in [0.29, 0.717) is 35.0 Å². The van der Waals surface area contributed by atoms with Crippen molar-refractivity contribution in [1.29, 1.82) is 0 Å². The Hall–Kier alpha value is -4.37. The number of benzene rings is 2. The number of rotatable bonds is 4. The molecule has 0 fully saturated rings. The van der Waals surface area contributed by atoms with Gasteiger partial charge in [-0.3, -0.25) is 0 Å². The molecule has 180 valence electrons. The average Bonchev–Trinajstić information content (AvgIpc) is 3.21. The number of aromatic nitrogens is 4. The second-order valence-corrected chi connectivity index (χ2v) is 9.29. The maximum absolute atomic E-state index is 6.24. The van der Waals surface area contributed by atoms with Crippen LogP contribution in [0.1, 0.15) is 61.1 Å². The van der Waals surface area contributed by atoms with Crippen molar-refractivity contribution < 1.29 is 0 Å². The number of nitrogen functional groups attached to an aromatic ring is 1. The molecule has 2 N–H and O–H groups in total. The number of nitrogens with two attached hydrogens (primary N) is 1. The second kappa shape index (κ2) is 9.35. The first-order valence-corrected chi connectivity index (χ1v) is 12.2. The number of allylic oxidation sites excluding steroid dienone is 1. The Labute approximate surface area is 212 Å². The maximum Gasteiger partial charge on any atom is 0.165 e. The van der Waals surface area contributed by atoms with Crippen molar-refractivity contribution in [3.63, 3.8) is 0 Å². The summed E-state index contributed by atoms with van der Waals surface area (Å²) in [4.78, 5) is 11.0. The zero-order chi connectivity index (χ0) is 25.4. The largest absolute Gasteiger partial charge is 0.383 e. The molecule has 0 spiro atoms. The summed E-state index contributed by atoms with van der Waals surface area (Å²) in [5, 5.41) is 5.52. The van der Waals surface area contributed by atoms with Gasteiger partial charge in [0, 0.05) is 29.1 Å². The number of nitrogens with zero attached hydrogens (tertiary/aromatic N) is 5. The molecule has 1 aliphatic rings. The van der Waals surface area contributed by atoms with Gasteiger partial charge in [-0.05, 0) is 47.6 Å². The Morgan fingerprint density at radius 2 is 1.89 bits per heavy atom. The first kappa shape index (κ1) is 23.4. The van der Waals surface area contributed by atoms with E-state index in [1.165, 1.54) is 17.5 Å². The topological polar surface area (TPSA) is 72.9 Å². The number of hydrogen-bond donors (Lipinski definition) is 1. The van der Waals surface area contributed by atoms with E-state index < -0.39 is 0 Å². The van der Waals surface area contributed by atoms with E-state index in [1.807, 2.05) is 11.6 Å². The van der Waals surface area contributed by atoms with Gasteiger partial charge in [0.2, 0.25) is 0 Å². The standard InChI is InChI=1S/C30H30N6/c1-6-7-14-25-28-29(31)32-18-33-30(28)35(34-25)17-23-16-22-12-10-11-20(4)27(22)21(5)36(23)26-15-9-8-13-24(26)19(2)3/h8-13,15-16,18-19H,5-6,17H2,1-4H3,(H2,31,32,33). The molecule has 0 saturated carbocycles. The average molecular weight is 475 g/mol. The molecule has 0 radical (unpaired) electrons. The molecule has 6 heteroatoms. The highest BCUT2D eigenvalue weighted by Crippen LogP contribution is 2.41. The van der Waals surface area contributed by atoms with Crippen LogP contribution >= 0.6 is 0 Å². The fraction of sp³-hybridized carbons (Fsp3) is 0.233. The zero-order valence-electron chi connectivity index (χ0n) is 21.2. The minimum atomic E-state index is 0.350. The summed E-state index contributed by atoms with van der Waals surface area (Å²) < 4.78 is 1.87. The SMILES string of the molecule is C=C1c2c(C)cccc2C=C(Cn2nc(C#CCC)c3c(N)ncnc32)N1c1ccccc1C(C)C. The van der Waals surface area contributed by atoms with Crippen LogP contribution in [0.2, 0.25) is 0 Å². The lowest BCUT2D eigenvalue weighted by atomic mass is 9.92. The van der Waals surface area contributed by atoms with E-state index in [2.05, 4.69) is 103 Å². The lowest BCUT2D eigenvalue weighted by Crippen LogP contribution is -2.28. The normalized spacial score (nSPS) is 13.0. The highest BCUT2D eigenvalue weighted by Gasteiger charge is 2.28. The molecule has 0 saturated heterocycles. The predicted octanol–water partition coefficient (Wildman–Crippen LogP) is 6.13. The lowest BCUT2D eigenvalue weighted by molar-refractivity contribution is 0.683. The molecule has 6 nitrogen and oxygen atoms in total. The predicted molar refractivity (Wildman–Crippen MR) is 148 cm³/mol. The first-order valence-electron chi connectivity index (χ1n) is 12.2. The quantitative estimate of drug-likeness (QED) is 0.360. The van der Waals surface area contributed by atoms with Crippen LogP contribution in [0.5, 0.6) is 0 Å². The van der Waals surface area contributed by atoms with Crippen molar-refractivity contribution in [2.45, 2.75) is 46.6 Å². The minimum Gasteiger partial charge on any atom is -0.383 e. The van der Waals surface area contributed by atoms with E-state index in [-0.39, 0.29) is 0 Å². The third-order valence-electron chi connectivity index (χ3n) is 6.53. The summed E-state index contributed by atoms with van der Waals surface area (Å²) in [7, 11) is 0. The zero-order valence-corrected chi connectivity index (χ0v) is 21.2. The van der Waals surface area contributed by atoms with Gasteiger partial charge in [-0.1, -0.05) is 69.7 Å². The van der Waals surface area contributed by atoms with E-state index >= 15 is 0 Å². The molecule has 2 aromatic heterocycles. The fourth-order valence-corrected chi connectivity index (χ4v) is 4.88. The monoisotopic (exact) mass is 474 g/mol. The summed E-state index contributed by atoms with van der Waals surface area (Å²) >= 11 is 0. The summed E-state index contributed by atoms with van der Waals surface area (Å²) in [5.41, 5.74) is 15.4. The summed E-state index contributed by atoms with van der Waals surface area (Å²) in [6, 6.07) is 14.9. The molecule has 3 heterocycles. The van der Waals surface area contributed by atoms with Gasteiger partial charge in [0.05, 0.1) is 11.9 Å². The van der Waals surface area contributed by atoms with Crippen LogP contribution in [0, 0.1) is 18.8 Å². The summed E-state index contributed by atoms with van der Waals surface area (Å²) in [5.74, 6) is 6.98. The molecule has 36 heavy (non-hydrogen) atoms. The van der Waals surface area contributed by atoms with Crippen LogP contribution in [0.15, 0.2) is 61.1 Å². The first-order chi connectivity index (χ1) is 17.4. The summed E-state index contributed by atoms with van der Waals surface area (Å²) in [6.07, 6.45) is 4.43. The number of para-hydroxylation sites is 1. The van der Waals surface area contributed by atoms with Crippen molar-refractivity contribution in [1.82, 2.24) is 19.7 Å². The molecule has 0 bridgehead atoms. The highest BCUT2D eigenvalue weighted by atomic mass is 15.3. The van der Waals surface area contributed by atoms with Crippen LogP contribution in [0.3, 0.4) is 0 Å². The number of aryl methyl sites for hydroxylation is 1. The molecular formula is C30H30N6. The van der Waals surface area contributed by atoms with Gasteiger partial charge in [-0.25, -0.2) is 14.6 Å². The Morgan fingerprint density at radius 1 is 1.08 bits per heavy atom. The van der Waals surface area contributed by atoms with Crippen molar-refractivity contribution in [3.05, 3.63) is 89.0 Å². The van der Waals surface area contributed by atoms with Gasteiger partial charge >= 0.3 is 0 Å². The molecule has 0 aliphatic carbocycles. The van der Waals surface area contributed by atoms with Gasteiger partial charge < -0.3 is 10.6 Å². The summed E-state index contributed by atoms with van der Waals surface area (Å²) in [6.45, 7) is 13.6. The van der Waals surface area contributed by atoms with Crippen LogP contribution in [-0.2, 0) is 6.54 Å². The van der Waals surface area contributed by atoms with Crippen molar-refractivity contribution in [3.8, 4) is 11.8 Å². The van der Waals surface area contributed by atoms with Crippen molar-refractivity contribution in [2.24, 2.45) is 0 Å². The molecule has 4 aromatic rings. The number of anilines is 2. The Balaban J connectivity index is 1.72. The van der Waals surface area contributed by atoms with Crippen molar-refractivity contribution in [2.75, 3.05) is 10.6 Å². The van der Waals surface area contributed by atoms with Crippen LogP contribution < -0.4 is 10.6 Å². The number of fused-ring (bicyclic) bond motifs is 2. The van der Waals surface area contributed by atoms with Crippen LogP contribution in [-0.4, -0.2) is 19.7 Å². The molecule has 5 rings (SSSR count). The smallest absolute Gasteiger partial charge is 0.165 e. The van der Waals surface area contributed by atoms with E-state index in [4.69, 9.17) is 10.8 Å². The van der Waals surface area contributed by atoms with Gasteiger partial charge in [-0.2, -0.15) is 5.10 Å². The molecule has 0 unspecified atom stereocenters. The van der Waals surface area contributed by atoms with Crippen molar-refractivity contribution >= 4 is 34.3 Å². The Morgan fingerprint density at radius 3 is 2.67 bits per heavy atom. The fourth-order valence-electron chi connectivity index (χ4n) is 4.88. The third-order valence-corrected chi connectivity index (χ3v) is 6.53. The van der Waals surface area contributed by atoms with Gasteiger partial charge in [0.25, 0.3) is 0 Å². The molecule has 1 aliphatic heterocycles. The van der Waals surface area contributed by atoms with E-state index in [1.54, 1.807) is 0 Å². The van der Waals surface area contributed by atoms with E-state index in [0.717, 1.165) is 34.6 Å². The minimum absolute atomic E-state index is 0.350. The van der Waals surface area contributed by atoms with Gasteiger partial charge in [-0.15, -0.1) is 0 Å².